The monoisotopic (exact) mass is 304 g/mol. The summed E-state index contributed by atoms with van der Waals surface area (Å²) >= 11 is 6.74. The number of esters is 1. The molecule has 0 radical (unpaired) electrons. The molecule has 7 heteroatoms. The third-order valence-electron chi connectivity index (χ3n) is 2.96. The van der Waals surface area contributed by atoms with Crippen molar-refractivity contribution in [2.45, 2.75) is 44.7 Å². The van der Waals surface area contributed by atoms with Gasteiger partial charge in [0, 0.05) is 30.7 Å². The molecule has 1 heterocycles. The number of thiocarbonyl (C=S) groups is 1. The first kappa shape index (κ1) is 16.2. The molecule has 1 aliphatic heterocycles. The van der Waals surface area contributed by atoms with E-state index in [1.807, 2.05) is 6.92 Å². The highest BCUT2D eigenvalue weighted by atomic mass is 32.2. The van der Waals surface area contributed by atoms with Gasteiger partial charge in [-0.2, -0.15) is 0 Å². The molecular formula is C12H20N2O3S2. The van der Waals surface area contributed by atoms with Crippen LogP contribution in [-0.2, 0) is 14.3 Å². The predicted octanol–water partition coefficient (Wildman–Crippen LogP) is 1.21. The summed E-state index contributed by atoms with van der Waals surface area (Å²) in [6, 6.07) is 0.285. The zero-order valence-electron chi connectivity index (χ0n) is 11.2. The minimum atomic E-state index is -0.193. The second-order valence-electron chi connectivity index (χ2n) is 4.46. The first-order valence-electron chi connectivity index (χ1n) is 6.32. The van der Waals surface area contributed by atoms with Crippen molar-refractivity contribution in [2.75, 3.05) is 12.9 Å². The van der Waals surface area contributed by atoms with E-state index >= 15 is 0 Å². The van der Waals surface area contributed by atoms with Crippen LogP contribution in [0.2, 0.25) is 0 Å². The van der Waals surface area contributed by atoms with Gasteiger partial charge in [0.15, 0.2) is 0 Å². The van der Waals surface area contributed by atoms with Gasteiger partial charge in [-0.3, -0.25) is 9.59 Å². The van der Waals surface area contributed by atoms with Crippen LogP contribution in [0.5, 0.6) is 0 Å². The Hall–Kier alpha value is -0.820. The molecule has 108 valence electrons. The Balaban J connectivity index is 2.13. The lowest BCUT2D eigenvalue weighted by molar-refractivity contribution is -0.140. The number of methoxy groups -OCH3 is 1. The van der Waals surface area contributed by atoms with E-state index in [2.05, 4.69) is 15.4 Å². The molecule has 1 amide bonds. The number of carbonyl (C=O) groups is 2. The molecule has 5 nitrogen and oxygen atoms in total. The van der Waals surface area contributed by atoms with Crippen molar-refractivity contribution in [3.05, 3.63) is 0 Å². The first-order valence-corrected chi connectivity index (χ1v) is 7.71. The SMILES string of the molecule is COC(=O)CCCSC(=S)NC(C)C1CCC(=O)N1. The van der Waals surface area contributed by atoms with E-state index in [-0.39, 0.29) is 24.0 Å². The number of nitrogens with one attached hydrogen (secondary N) is 2. The second-order valence-corrected chi connectivity index (χ2v) is 6.23. The molecule has 1 rings (SSSR count). The molecule has 2 atom stereocenters. The summed E-state index contributed by atoms with van der Waals surface area (Å²) < 4.78 is 5.27. The van der Waals surface area contributed by atoms with Crippen LogP contribution in [0, 0.1) is 0 Å². The van der Waals surface area contributed by atoms with E-state index in [4.69, 9.17) is 12.2 Å². The third-order valence-corrected chi connectivity index (χ3v) is 4.31. The number of hydrogen-bond donors (Lipinski definition) is 2. The fourth-order valence-corrected chi connectivity index (χ4v) is 3.00. The summed E-state index contributed by atoms with van der Waals surface area (Å²) in [7, 11) is 1.39. The van der Waals surface area contributed by atoms with Crippen LogP contribution in [-0.4, -0.2) is 41.1 Å². The second kappa shape index (κ2) is 8.37. The Bertz CT molecular complexity index is 350. The highest BCUT2D eigenvalue weighted by Gasteiger charge is 2.26. The maximum atomic E-state index is 11.1. The molecule has 1 saturated heterocycles. The van der Waals surface area contributed by atoms with Gasteiger partial charge in [-0.15, -0.1) is 0 Å². The van der Waals surface area contributed by atoms with Crippen molar-refractivity contribution < 1.29 is 14.3 Å². The average Bonchev–Trinajstić information content (AvgIpc) is 2.81. The number of rotatable bonds is 6. The Kier molecular flexibility index (Phi) is 7.15. The Labute approximate surface area is 123 Å². The molecule has 0 saturated carbocycles. The summed E-state index contributed by atoms with van der Waals surface area (Å²) in [5.74, 6) is 0.696. The molecule has 2 unspecified atom stereocenters. The summed E-state index contributed by atoms with van der Waals surface area (Å²) in [6.45, 7) is 2.01. The quantitative estimate of drug-likeness (QED) is 0.437. The summed E-state index contributed by atoms with van der Waals surface area (Å²) in [5, 5.41) is 6.13. The van der Waals surface area contributed by atoms with Crippen molar-refractivity contribution >= 4 is 40.2 Å². The Morgan fingerprint density at radius 1 is 1.68 bits per heavy atom. The molecule has 0 aromatic carbocycles. The van der Waals surface area contributed by atoms with Crippen LogP contribution in [0.1, 0.15) is 32.6 Å². The Morgan fingerprint density at radius 2 is 2.42 bits per heavy atom. The fourth-order valence-electron chi connectivity index (χ4n) is 1.82. The highest BCUT2D eigenvalue weighted by molar-refractivity contribution is 8.22. The minimum Gasteiger partial charge on any atom is -0.469 e. The predicted molar refractivity (Wildman–Crippen MR) is 80.1 cm³/mol. The largest absolute Gasteiger partial charge is 0.469 e. The molecule has 0 aliphatic carbocycles. The molecule has 19 heavy (non-hydrogen) atoms. The summed E-state index contributed by atoms with van der Waals surface area (Å²) in [6.07, 6.45) is 2.60. The van der Waals surface area contributed by atoms with Gasteiger partial charge < -0.3 is 15.4 Å². The topological polar surface area (TPSA) is 67.4 Å². The van der Waals surface area contributed by atoms with E-state index in [1.165, 1.54) is 18.9 Å². The van der Waals surface area contributed by atoms with Crippen molar-refractivity contribution in [1.29, 1.82) is 0 Å². The van der Waals surface area contributed by atoms with Gasteiger partial charge in [0.05, 0.1) is 7.11 Å². The Morgan fingerprint density at radius 3 is 3.00 bits per heavy atom. The zero-order valence-corrected chi connectivity index (χ0v) is 12.9. The smallest absolute Gasteiger partial charge is 0.305 e. The average molecular weight is 304 g/mol. The molecule has 0 aromatic heterocycles. The van der Waals surface area contributed by atoms with Gasteiger partial charge in [-0.25, -0.2) is 0 Å². The lowest BCUT2D eigenvalue weighted by Crippen LogP contribution is -2.45. The maximum absolute atomic E-state index is 11.1. The number of ether oxygens (including phenoxy) is 1. The lowest BCUT2D eigenvalue weighted by atomic mass is 10.1. The molecule has 2 N–H and O–H groups in total. The minimum absolute atomic E-state index is 0.107. The first-order chi connectivity index (χ1) is 9.02. The van der Waals surface area contributed by atoms with Crippen molar-refractivity contribution in [2.24, 2.45) is 0 Å². The standard InChI is InChI=1S/C12H20N2O3S2/c1-8(9-5-6-10(15)14-9)13-12(18)19-7-3-4-11(16)17-2/h8-9H,3-7H2,1-2H3,(H,13,18)(H,14,15). The van der Waals surface area contributed by atoms with Crippen molar-refractivity contribution in [3.63, 3.8) is 0 Å². The van der Waals surface area contributed by atoms with Gasteiger partial charge in [-0.1, -0.05) is 24.0 Å². The van der Waals surface area contributed by atoms with Gasteiger partial charge >= 0.3 is 5.97 Å². The van der Waals surface area contributed by atoms with Crippen LogP contribution < -0.4 is 10.6 Å². The van der Waals surface area contributed by atoms with Crippen LogP contribution in [0.4, 0.5) is 0 Å². The zero-order chi connectivity index (χ0) is 14.3. The van der Waals surface area contributed by atoms with Crippen LogP contribution >= 0.6 is 24.0 Å². The third kappa shape index (κ3) is 6.24. The summed E-state index contributed by atoms with van der Waals surface area (Å²) in [4.78, 5) is 22.0. The fraction of sp³-hybridized carbons (Fsp3) is 0.750. The number of amides is 1. The van der Waals surface area contributed by atoms with E-state index in [0.29, 0.717) is 17.2 Å². The maximum Gasteiger partial charge on any atom is 0.305 e. The number of thioether (sulfide) groups is 1. The lowest BCUT2D eigenvalue weighted by Gasteiger charge is -2.21. The molecule has 0 bridgehead atoms. The van der Waals surface area contributed by atoms with Crippen LogP contribution in [0.3, 0.4) is 0 Å². The van der Waals surface area contributed by atoms with Gasteiger partial charge in [0.25, 0.3) is 0 Å². The molecule has 1 fully saturated rings. The molecular weight excluding hydrogens is 284 g/mol. The van der Waals surface area contributed by atoms with Crippen LogP contribution in [0.25, 0.3) is 0 Å². The van der Waals surface area contributed by atoms with Gasteiger partial charge in [0.2, 0.25) is 5.91 Å². The normalized spacial score (nSPS) is 19.7. The van der Waals surface area contributed by atoms with E-state index in [9.17, 15) is 9.59 Å². The molecule has 0 aromatic rings. The molecule has 1 aliphatic rings. The van der Waals surface area contributed by atoms with E-state index in [1.54, 1.807) is 0 Å². The van der Waals surface area contributed by atoms with Crippen LogP contribution in [0.15, 0.2) is 0 Å². The van der Waals surface area contributed by atoms with E-state index < -0.39 is 0 Å². The highest BCUT2D eigenvalue weighted by Crippen LogP contribution is 2.13. The van der Waals surface area contributed by atoms with E-state index in [0.717, 1.165) is 18.6 Å². The number of hydrogen-bond acceptors (Lipinski definition) is 5. The van der Waals surface area contributed by atoms with Gasteiger partial charge in [0.1, 0.15) is 4.32 Å². The number of carbonyl (C=O) groups excluding carboxylic acids is 2. The summed E-state index contributed by atoms with van der Waals surface area (Å²) in [5.41, 5.74) is 0. The van der Waals surface area contributed by atoms with Crippen molar-refractivity contribution in [3.8, 4) is 0 Å². The van der Waals surface area contributed by atoms with Gasteiger partial charge in [-0.05, 0) is 19.8 Å². The molecule has 0 spiro atoms. The van der Waals surface area contributed by atoms with Crippen molar-refractivity contribution in [1.82, 2.24) is 10.6 Å².